The lowest BCUT2D eigenvalue weighted by molar-refractivity contribution is -0.114. The van der Waals surface area contributed by atoms with Crippen molar-refractivity contribution in [3.8, 4) is 17.6 Å². The van der Waals surface area contributed by atoms with Crippen molar-refractivity contribution in [2.24, 2.45) is 5.92 Å². The van der Waals surface area contributed by atoms with Gasteiger partial charge in [0.15, 0.2) is 0 Å². The number of carbonyl (C=O) groups is 1. The fourth-order valence-electron chi connectivity index (χ4n) is 3.57. The summed E-state index contributed by atoms with van der Waals surface area (Å²) in [6, 6.07) is 11.7. The number of ether oxygens (including phenoxy) is 2. The Morgan fingerprint density at radius 2 is 2.10 bits per heavy atom. The Morgan fingerprint density at radius 3 is 2.72 bits per heavy atom. The molecule has 2 unspecified atom stereocenters. The molecule has 152 valence electrons. The van der Waals surface area contributed by atoms with Gasteiger partial charge < -0.3 is 25.4 Å². The van der Waals surface area contributed by atoms with Gasteiger partial charge in [0, 0.05) is 36.5 Å². The number of nitrogens with one attached hydrogen (secondary N) is 3. The average Bonchev–Trinajstić information content (AvgIpc) is 2.69. The van der Waals surface area contributed by atoms with Crippen LogP contribution < -0.4 is 25.4 Å². The van der Waals surface area contributed by atoms with Gasteiger partial charge in [0.1, 0.15) is 11.5 Å². The number of carbonyl (C=O) groups excluding carboxylic acids is 1. The lowest BCUT2D eigenvalue weighted by Crippen LogP contribution is -2.31. The van der Waals surface area contributed by atoms with E-state index in [0.717, 1.165) is 28.3 Å². The second-order valence-corrected chi connectivity index (χ2v) is 6.97. The first kappa shape index (κ1) is 20.3. The number of nitriles is 1. The maximum absolute atomic E-state index is 11.7. The highest BCUT2D eigenvalue weighted by molar-refractivity contribution is 5.91. The van der Waals surface area contributed by atoms with Crippen LogP contribution in [0.5, 0.6) is 11.5 Å². The third kappa shape index (κ3) is 4.37. The molecule has 0 fully saturated rings. The van der Waals surface area contributed by atoms with Crippen molar-refractivity contribution in [3.63, 3.8) is 0 Å². The van der Waals surface area contributed by atoms with Crippen molar-refractivity contribution in [2.45, 2.75) is 26.8 Å². The third-order valence-corrected chi connectivity index (χ3v) is 4.89. The van der Waals surface area contributed by atoms with E-state index in [1.165, 1.54) is 6.92 Å². The number of nitrogens with zero attached hydrogens (tertiary/aromatic N) is 1. The molecule has 0 spiro atoms. The van der Waals surface area contributed by atoms with Crippen molar-refractivity contribution >= 4 is 23.0 Å². The van der Waals surface area contributed by atoms with Gasteiger partial charge in [-0.05, 0) is 43.7 Å². The maximum Gasteiger partial charge on any atom is 0.221 e. The molecule has 3 N–H and O–H groups in total. The van der Waals surface area contributed by atoms with E-state index in [-0.39, 0.29) is 17.9 Å². The van der Waals surface area contributed by atoms with E-state index < -0.39 is 0 Å². The van der Waals surface area contributed by atoms with Crippen LogP contribution in [0.4, 0.5) is 17.1 Å². The average molecular weight is 394 g/mol. The molecule has 3 rings (SSSR count). The summed E-state index contributed by atoms with van der Waals surface area (Å²) in [7, 11) is 1.64. The number of aryl methyl sites for hydroxylation is 1. The molecule has 2 aromatic carbocycles. The predicted octanol–water partition coefficient (Wildman–Crippen LogP) is 4.08. The molecular formula is C22H26N4O3. The highest BCUT2D eigenvalue weighted by atomic mass is 16.5. The van der Waals surface area contributed by atoms with Gasteiger partial charge in [-0.3, -0.25) is 4.79 Å². The molecule has 7 heteroatoms. The van der Waals surface area contributed by atoms with Crippen LogP contribution in [0.15, 0.2) is 30.3 Å². The van der Waals surface area contributed by atoms with E-state index in [2.05, 4.69) is 22.0 Å². The van der Waals surface area contributed by atoms with Crippen LogP contribution in [0, 0.1) is 24.2 Å². The van der Waals surface area contributed by atoms with E-state index in [1.54, 1.807) is 7.11 Å². The molecule has 0 radical (unpaired) electrons. The van der Waals surface area contributed by atoms with Crippen LogP contribution in [0.3, 0.4) is 0 Å². The van der Waals surface area contributed by atoms with Crippen LogP contribution in [0.2, 0.25) is 0 Å². The van der Waals surface area contributed by atoms with Gasteiger partial charge in [-0.15, -0.1) is 0 Å². The summed E-state index contributed by atoms with van der Waals surface area (Å²) < 4.78 is 11.0. The van der Waals surface area contributed by atoms with Gasteiger partial charge >= 0.3 is 0 Å². The van der Waals surface area contributed by atoms with Crippen LogP contribution >= 0.6 is 0 Å². The Kier molecular flexibility index (Phi) is 6.13. The number of amides is 1. The molecule has 0 saturated carbocycles. The molecule has 0 aromatic heterocycles. The fourth-order valence-corrected chi connectivity index (χ4v) is 3.57. The zero-order chi connectivity index (χ0) is 21.0. The molecule has 1 amide bonds. The zero-order valence-electron chi connectivity index (χ0n) is 17.1. The Morgan fingerprint density at radius 1 is 1.31 bits per heavy atom. The van der Waals surface area contributed by atoms with Crippen molar-refractivity contribution in [1.82, 2.24) is 0 Å². The minimum absolute atomic E-state index is 0.179. The van der Waals surface area contributed by atoms with Gasteiger partial charge in [-0.2, -0.15) is 5.26 Å². The van der Waals surface area contributed by atoms with Crippen molar-refractivity contribution in [1.29, 1.82) is 5.26 Å². The fraction of sp³-hybridized carbons (Fsp3) is 0.364. The number of rotatable bonds is 6. The quantitative estimate of drug-likeness (QED) is 0.683. The SMILES string of the molecule is CCOc1cc2c(cc1NC(C)=O)C(Nc1ccc(OC)c(C)c1)C(C#N)CN2. The second kappa shape index (κ2) is 8.74. The van der Waals surface area contributed by atoms with Crippen LogP contribution in [-0.4, -0.2) is 26.2 Å². The third-order valence-electron chi connectivity index (χ3n) is 4.89. The minimum Gasteiger partial charge on any atom is -0.496 e. The molecule has 0 aliphatic carbocycles. The summed E-state index contributed by atoms with van der Waals surface area (Å²) >= 11 is 0. The lowest BCUT2D eigenvalue weighted by atomic mass is 9.88. The number of methoxy groups -OCH3 is 1. The molecule has 7 nitrogen and oxygen atoms in total. The number of fused-ring (bicyclic) bond motifs is 1. The van der Waals surface area contributed by atoms with E-state index in [4.69, 9.17) is 9.47 Å². The molecule has 0 bridgehead atoms. The standard InChI is InChI=1S/C22H26N4O3/c1-5-29-21-10-18-17(9-19(21)25-14(3)27)22(15(11-23)12-24-18)26-16-6-7-20(28-4)13(2)8-16/h6-10,15,22,24,26H,5,12H2,1-4H3,(H,25,27). The van der Waals surface area contributed by atoms with Crippen LogP contribution in [0.25, 0.3) is 0 Å². The second-order valence-electron chi connectivity index (χ2n) is 6.97. The predicted molar refractivity (Wildman–Crippen MR) is 114 cm³/mol. The van der Waals surface area contributed by atoms with E-state index in [0.29, 0.717) is 24.6 Å². The molecule has 1 aliphatic rings. The van der Waals surface area contributed by atoms with Crippen molar-refractivity contribution in [2.75, 3.05) is 36.2 Å². The lowest BCUT2D eigenvalue weighted by Gasteiger charge is -2.33. The Labute approximate surface area is 171 Å². The summed E-state index contributed by atoms with van der Waals surface area (Å²) in [5.74, 6) is 0.950. The highest BCUT2D eigenvalue weighted by Crippen LogP contribution is 2.41. The highest BCUT2D eigenvalue weighted by Gasteiger charge is 2.31. The Bertz CT molecular complexity index is 952. The zero-order valence-corrected chi connectivity index (χ0v) is 17.1. The Hall–Kier alpha value is -3.40. The van der Waals surface area contributed by atoms with E-state index in [9.17, 15) is 10.1 Å². The van der Waals surface area contributed by atoms with Gasteiger partial charge in [-0.25, -0.2) is 0 Å². The maximum atomic E-state index is 11.7. The first-order chi connectivity index (χ1) is 14.0. The largest absolute Gasteiger partial charge is 0.496 e. The monoisotopic (exact) mass is 394 g/mol. The molecule has 1 aliphatic heterocycles. The normalized spacial score (nSPS) is 17.3. The molecule has 0 saturated heterocycles. The smallest absolute Gasteiger partial charge is 0.221 e. The van der Waals surface area contributed by atoms with Gasteiger partial charge in [0.05, 0.1) is 37.4 Å². The summed E-state index contributed by atoms with van der Waals surface area (Å²) in [5, 5.41) is 19.3. The Balaban J connectivity index is 2.02. The molecule has 1 heterocycles. The van der Waals surface area contributed by atoms with Crippen molar-refractivity contribution < 1.29 is 14.3 Å². The number of anilines is 3. The van der Waals surface area contributed by atoms with Crippen molar-refractivity contribution in [3.05, 3.63) is 41.5 Å². The first-order valence-electron chi connectivity index (χ1n) is 9.59. The van der Waals surface area contributed by atoms with Gasteiger partial charge in [0.2, 0.25) is 5.91 Å². The van der Waals surface area contributed by atoms with Crippen LogP contribution in [-0.2, 0) is 4.79 Å². The number of benzene rings is 2. The van der Waals surface area contributed by atoms with Gasteiger partial charge in [0.25, 0.3) is 0 Å². The molecule has 29 heavy (non-hydrogen) atoms. The van der Waals surface area contributed by atoms with E-state index in [1.807, 2.05) is 44.2 Å². The molecular weight excluding hydrogens is 368 g/mol. The molecule has 2 aromatic rings. The summed E-state index contributed by atoms with van der Waals surface area (Å²) in [6.07, 6.45) is 0. The minimum atomic E-state index is -0.284. The summed E-state index contributed by atoms with van der Waals surface area (Å²) in [5.41, 5.74) is 4.29. The van der Waals surface area contributed by atoms with Gasteiger partial charge in [-0.1, -0.05) is 0 Å². The summed E-state index contributed by atoms with van der Waals surface area (Å²) in [6.45, 7) is 6.33. The van der Waals surface area contributed by atoms with Crippen LogP contribution in [0.1, 0.15) is 31.0 Å². The summed E-state index contributed by atoms with van der Waals surface area (Å²) in [4.78, 5) is 11.7. The number of hydrogen-bond donors (Lipinski definition) is 3. The topological polar surface area (TPSA) is 95.4 Å². The first-order valence-corrected chi connectivity index (χ1v) is 9.59. The van der Waals surface area contributed by atoms with E-state index >= 15 is 0 Å². The number of hydrogen-bond acceptors (Lipinski definition) is 6. The molecule has 2 atom stereocenters.